The monoisotopic (exact) mass is 384 g/mol. The Hall–Kier alpha value is -2.84. The first-order chi connectivity index (χ1) is 13.6. The summed E-state index contributed by atoms with van der Waals surface area (Å²) in [6.07, 6.45) is 3.25. The number of anilines is 2. The summed E-state index contributed by atoms with van der Waals surface area (Å²) in [5.74, 6) is 0.340. The zero-order chi connectivity index (χ0) is 19.9. The van der Waals surface area contributed by atoms with Crippen LogP contribution in [0.1, 0.15) is 0 Å². The zero-order valence-corrected chi connectivity index (χ0v) is 16.4. The predicted molar refractivity (Wildman–Crippen MR) is 110 cm³/mol. The molecule has 0 atom stereocenters. The van der Waals surface area contributed by atoms with Gasteiger partial charge in [0.15, 0.2) is 5.82 Å². The van der Waals surface area contributed by atoms with Gasteiger partial charge in [-0.25, -0.2) is 14.4 Å². The number of rotatable bonds is 3. The largest absolute Gasteiger partial charge is 0.379 e. The van der Waals surface area contributed by atoms with Gasteiger partial charge in [0, 0.05) is 52.2 Å². The fraction of sp³-hybridized carbons (Fsp3) is 0.350. The number of ether oxygens (including phenoxy) is 1. The van der Waals surface area contributed by atoms with Gasteiger partial charge in [-0.3, -0.25) is 4.98 Å². The minimum absolute atomic E-state index is 0.283. The standard InChI is InChI=1S/C16H16FN5.C4H9NO/c1-18-16-15-13(19-6-7-20-15)9-12(21-16)10-4-5-14(22(2)3)11(17)8-10;1-3-6-4-2-5-1/h4-9H,1-3H3,(H,18,21);5H,1-4H2. The van der Waals surface area contributed by atoms with Crippen molar-refractivity contribution >= 4 is 22.5 Å². The van der Waals surface area contributed by atoms with E-state index in [9.17, 15) is 4.39 Å². The molecule has 0 unspecified atom stereocenters. The van der Waals surface area contributed by atoms with Crippen molar-refractivity contribution in [3.63, 3.8) is 0 Å². The quantitative estimate of drug-likeness (QED) is 0.719. The van der Waals surface area contributed by atoms with E-state index in [4.69, 9.17) is 4.74 Å². The lowest BCUT2D eigenvalue weighted by molar-refractivity contribution is 0.109. The van der Waals surface area contributed by atoms with Gasteiger partial charge >= 0.3 is 0 Å². The van der Waals surface area contributed by atoms with Crippen molar-refractivity contribution in [2.45, 2.75) is 0 Å². The first-order valence-electron chi connectivity index (χ1n) is 9.15. The van der Waals surface area contributed by atoms with Crippen LogP contribution in [0.5, 0.6) is 0 Å². The Labute approximate surface area is 164 Å². The summed E-state index contributed by atoms with van der Waals surface area (Å²) in [4.78, 5) is 14.8. The number of aromatic nitrogens is 3. The number of hydrogen-bond donors (Lipinski definition) is 2. The number of pyridine rings is 1. The summed E-state index contributed by atoms with van der Waals surface area (Å²) in [6, 6.07) is 6.89. The number of halogens is 1. The normalized spacial score (nSPS) is 13.6. The van der Waals surface area contributed by atoms with Crippen LogP contribution in [0.4, 0.5) is 15.9 Å². The van der Waals surface area contributed by atoms with Gasteiger partial charge in [0.05, 0.1) is 30.1 Å². The molecular weight excluding hydrogens is 359 g/mol. The Morgan fingerprint density at radius 3 is 2.43 bits per heavy atom. The van der Waals surface area contributed by atoms with Gasteiger partial charge in [0.25, 0.3) is 0 Å². The molecule has 1 aromatic carbocycles. The molecule has 1 aliphatic rings. The molecule has 0 amide bonds. The van der Waals surface area contributed by atoms with E-state index in [0.717, 1.165) is 26.3 Å². The highest BCUT2D eigenvalue weighted by molar-refractivity contribution is 5.88. The third-order valence-corrected chi connectivity index (χ3v) is 4.26. The van der Waals surface area contributed by atoms with Crippen LogP contribution in [-0.2, 0) is 4.74 Å². The van der Waals surface area contributed by atoms with E-state index in [2.05, 4.69) is 25.6 Å². The molecule has 0 aliphatic carbocycles. The molecule has 1 saturated heterocycles. The van der Waals surface area contributed by atoms with Crippen LogP contribution in [0.2, 0.25) is 0 Å². The fourth-order valence-corrected chi connectivity index (χ4v) is 2.84. The lowest BCUT2D eigenvalue weighted by Crippen LogP contribution is -2.30. The van der Waals surface area contributed by atoms with Crippen LogP contribution < -0.4 is 15.5 Å². The number of nitrogens with one attached hydrogen (secondary N) is 2. The summed E-state index contributed by atoms with van der Waals surface area (Å²) >= 11 is 0. The molecule has 1 fully saturated rings. The van der Waals surface area contributed by atoms with Crippen LogP contribution in [0, 0.1) is 5.82 Å². The highest BCUT2D eigenvalue weighted by atomic mass is 19.1. The molecule has 8 heteroatoms. The summed E-state index contributed by atoms with van der Waals surface area (Å²) < 4.78 is 19.2. The highest BCUT2D eigenvalue weighted by Gasteiger charge is 2.11. The predicted octanol–water partition coefficient (Wildman–Crippen LogP) is 2.54. The van der Waals surface area contributed by atoms with Gasteiger partial charge in [-0.1, -0.05) is 6.07 Å². The molecule has 0 saturated carbocycles. The Kier molecular flexibility index (Phi) is 6.67. The van der Waals surface area contributed by atoms with Crippen LogP contribution >= 0.6 is 0 Å². The molecule has 28 heavy (non-hydrogen) atoms. The molecule has 1 aliphatic heterocycles. The topological polar surface area (TPSA) is 75.2 Å². The summed E-state index contributed by atoms with van der Waals surface area (Å²) in [7, 11) is 5.39. The molecule has 7 nitrogen and oxygen atoms in total. The number of morpholine rings is 1. The third-order valence-electron chi connectivity index (χ3n) is 4.26. The SMILES string of the molecule is C1COCCN1.CNc1nc(-c2ccc(N(C)C)c(F)c2)cc2nccnc12. The molecule has 2 N–H and O–H groups in total. The third kappa shape index (κ3) is 4.71. The molecule has 3 aromatic rings. The van der Waals surface area contributed by atoms with Crippen molar-refractivity contribution in [1.82, 2.24) is 20.3 Å². The Morgan fingerprint density at radius 1 is 1.11 bits per heavy atom. The van der Waals surface area contributed by atoms with Gasteiger partial charge in [-0.15, -0.1) is 0 Å². The number of fused-ring (bicyclic) bond motifs is 1. The second kappa shape index (κ2) is 9.38. The number of nitrogens with zero attached hydrogens (tertiary/aromatic N) is 4. The molecule has 148 valence electrons. The smallest absolute Gasteiger partial charge is 0.154 e. The van der Waals surface area contributed by atoms with Crippen LogP contribution in [0.25, 0.3) is 22.3 Å². The van der Waals surface area contributed by atoms with Crippen molar-refractivity contribution in [1.29, 1.82) is 0 Å². The molecular formula is C20H25FN6O. The first kappa shape index (κ1) is 19.9. The minimum atomic E-state index is -0.283. The average molecular weight is 384 g/mol. The maximum Gasteiger partial charge on any atom is 0.154 e. The maximum atomic E-state index is 14.2. The van der Waals surface area contributed by atoms with Gasteiger partial charge in [-0.05, 0) is 18.2 Å². The summed E-state index contributed by atoms with van der Waals surface area (Å²) in [5.41, 5.74) is 3.31. The summed E-state index contributed by atoms with van der Waals surface area (Å²) in [5, 5.41) is 6.17. The Balaban J connectivity index is 0.000000320. The Bertz CT molecular complexity index is 918. The second-order valence-corrected chi connectivity index (χ2v) is 6.45. The van der Waals surface area contributed by atoms with Crippen LogP contribution in [0.15, 0.2) is 36.7 Å². The van der Waals surface area contributed by atoms with Crippen molar-refractivity contribution in [2.75, 3.05) is 57.7 Å². The van der Waals surface area contributed by atoms with Crippen molar-refractivity contribution in [3.8, 4) is 11.3 Å². The second-order valence-electron chi connectivity index (χ2n) is 6.45. The minimum Gasteiger partial charge on any atom is -0.379 e. The van der Waals surface area contributed by atoms with E-state index >= 15 is 0 Å². The van der Waals surface area contributed by atoms with E-state index in [0.29, 0.717) is 33.8 Å². The Morgan fingerprint density at radius 2 is 1.86 bits per heavy atom. The molecule has 0 spiro atoms. The maximum absolute atomic E-state index is 14.2. The lowest BCUT2D eigenvalue weighted by atomic mass is 10.1. The lowest BCUT2D eigenvalue weighted by Gasteiger charge is -2.14. The van der Waals surface area contributed by atoms with E-state index in [1.165, 1.54) is 6.07 Å². The molecule has 2 aromatic heterocycles. The van der Waals surface area contributed by atoms with E-state index < -0.39 is 0 Å². The fourth-order valence-electron chi connectivity index (χ4n) is 2.84. The highest BCUT2D eigenvalue weighted by Crippen LogP contribution is 2.28. The van der Waals surface area contributed by atoms with E-state index in [1.807, 2.05) is 12.1 Å². The van der Waals surface area contributed by atoms with Gasteiger partial charge in [0.2, 0.25) is 0 Å². The van der Waals surface area contributed by atoms with Crippen molar-refractivity contribution in [3.05, 3.63) is 42.5 Å². The molecule has 0 bridgehead atoms. The zero-order valence-electron chi connectivity index (χ0n) is 16.4. The van der Waals surface area contributed by atoms with Crippen molar-refractivity contribution in [2.24, 2.45) is 0 Å². The van der Waals surface area contributed by atoms with Crippen molar-refractivity contribution < 1.29 is 9.13 Å². The van der Waals surface area contributed by atoms with Crippen LogP contribution in [0.3, 0.4) is 0 Å². The summed E-state index contributed by atoms with van der Waals surface area (Å²) in [6.45, 7) is 3.83. The van der Waals surface area contributed by atoms with Gasteiger partial charge < -0.3 is 20.3 Å². The van der Waals surface area contributed by atoms with E-state index in [-0.39, 0.29) is 5.82 Å². The van der Waals surface area contributed by atoms with E-state index in [1.54, 1.807) is 44.5 Å². The molecule has 0 radical (unpaired) electrons. The number of hydrogen-bond acceptors (Lipinski definition) is 7. The van der Waals surface area contributed by atoms with Crippen LogP contribution in [-0.4, -0.2) is 62.4 Å². The molecule has 3 heterocycles. The average Bonchev–Trinajstić information content (AvgIpc) is 2.74. The van der Waals surface area contributed by atoms with Gasteiger partial charge in [-0.2, -0.15) is 0 Å². The first-order valence-corrected chi connectivity index (χ1v) is 9.15. The number of benzene rings is 1. The van der Waals surface area contributed by atoms with Gasteiger partial charge in [0.1, 0.15) is 11.3 Å². The molecule has 4 rings (SSSR count).